The zero-order chi connectivity index (χ0) is 16.1. The van der Waals surface area contributed by atoms with Crippen LogP contribution in [-0.2, 0) is 4.79 Å². The van der Waals surface area contributed by atoms with Crippen molar-refractivity contribution in [1.29, 1.82) is 0 Å². The van der Waals surface area contributed by atoms with Crippen molar-refractivity contribution in [3.63, 3.8) is 0 Å². The van der Waals surface area contributed by atoms with Crippen LogP contribution in [0.3, 0.4) is 0 Å². The van der Waals surface area contributed by atoms with Gasteiger partial charge in [0.1, 0.15) is 0 Å². The number of aliphatic hydroxyl groups is 2. The number of carbonyl (C=O) groups excluding carboxylic acids is 1. The molecule has 124 valence electrons. The molecular formula is C19H30O3. The molecule has 0 aromatic heterocycles. The minimum atomic E-state index is -0.382. The van der Waals surface area contributed by atoms with Crippen LogP contribution in [0.5, 0.6) is 0 Å². The van der Waals surface area contributed by atoms with Crippen LogP contribution in [0, 0.1) is 29.1 Å². The molecular weight excluding hydrogens is 276 g/mol. The summed E-state index contributed by atoms with van der Waals surface area (Å²) in [6.45, 7) is 6.31. The zero-order valence-electron chi connectivity index (χ0n) is 14.1. The Morgan fingerprint density at radius 3 is 2.73 bits per heavy atom. The van der Waals surface area contributed by atoms with Crippen LogP contribution in [0.15, 0.2) is 11.6 Å². The van der Waals surface area contributed by atoms with E-state index in [1.54, 1.807) is 0 Å². The highest BCUT2D eigenvalue weighted by molar-refractivity contribution is 5.91. The van der Waals surface area contributed by atoms with E-state index in [0.717, 1.165) is 25.7 Å². The van der Waals surface area contributed by atoms with Gasteiger partial charge >= 0.3 is 0 Å². The molecule has 3 rings (SSSR count). The Morgan fingerprint density at radius 2 is 2.09 bits per heavy atom. The molecule has 0 aromatic rings. The van der Waals surface area contributed by atoms with Crippen molar-refractivity contribution < 1.29 is 15.0 Å². The molecule has 0 saturated heterocycles. The first-order chi connectivity index (χ1) is 10.4. The third-order valence-electron chi connectivity index (χ3n) is 7.32. The number of allylic oxidation sites excluding steroid dienone is 2. The number of fused-ring (bicyclic) bond motifs is 3. The monoisotopic (exact) mass is 306 g/mol. The molecule has 3 aliphatic carbocycles. The molecule has 22 heavy (non-hydrogen) atoms. The van der Waals surface area contributed by atoms with Crippen LogP contribution < -0.4 is 0 Å². The second-order valence-corrected chi connectivity index (χ2v) is 7.93. The van der Waals surface area contributed by atoms with Gasteiger partial charge in [0, 0.05) is 11.8 Å². The first-order valence-electron chi connectivity index (χ1n) is 9.00. The van der Waals surface area contributed by atoms with Crippen molar-refractivity contribution in [2.45, 2.75) is 71.5 Å². The molecule has 5 unspecified atom stereocenters. The highest BCUT2D eigenvalue weighted by Crippen LogP contribution is 2.58. The minimum absolute atomic E-state index is 0.160. The van der Waals surface area contributed by atoms with E-state index in [-0.39, 0.29) is 29.3 Å². The highest BCUT2D eigenvalue weighted by Gasteiger charge is 2.55. The maximum atomic E-state index is 11.7. The van der Waals surface area contributed by atoms with Crippen LogP contribution in [0.2, 0.25) is 0 Å². The summed E-state index contributed by atoms with van der Waals surface area (Å²) < 4.78 is 0. The van der Waals surface area contributed by atoms with Gasteiger partial charge in [0.15, 0.2) is 5.78 Å². The van der Waals surface area contributed by atoms with Crippen LogP contribution >= 0.6 is 0 Å². The molecule has 0 aliphatic heterocycles. The maximum absolute atomic E-state index is 11.7. The maximum Gasteiger partial charge on any atom is 0.155 e. The van der Waals surface area contributed by atoms with Crippen molar-refractivity contribution in [1.82, 2.24) is 0 Å². The number of ketones is 1. The van der Waals surface area contributed by atoms with Gasteiger partial charge in [0.05, 0.1) is 12.2 Å². The lowest BCUT2D eigenvalue weighted by atomic mass is 9.49. The van der Waals surface area contributed by atoms with Gasteiger partial charge in [0.2, 0.25) is 0 Å². The molecule has 2 fully saturated rings. The summed E-state index contributed by atoms with van der Waals surface area (Å²) in [6.07, 6.45) is 6.32. The van der Waals surface area contributed by atoms with Crippen LogP contribution in [0.25, 0.3) is 0 Å². The summed E-state index contributed by atoms with van der Waals surface area (Å²) in [6, 6.07) is 0. The predicted molar refractivity (Wildman–Crippen MR) is 86.2 cm³/mol. The molecule has 0 radical (unpaired) electrons. The quantitative estimate of drug-likeness (QED) is 0.824. The van der Waals surface area contributed by atoms with Gasteiger partial charge in [-0.15, -0.1) is 0 Å². The fourth-order valence-electron chi connectivity index (χ4n) is 5.98. The van der Waals surface area contributed by atoms with E-state index in [1.807, 2.05) is 13.0 Å². The molecule has 0 amide bonds. The van der Waals surface area contributed by atoms with Gasteiger partial charge in [-0.05, 0) is 68.8 Å². The van der Waals surface area contributed by atoms with E-state index in [0.29, 0.717) is 30.6 Å². The SMILES string of the molecule is CCC1(C(C)O)C[C@@H](O)C2C3CCC(=O)C=C3CCC2[C@@H]1C. The Balaban J connectivity index is 1.93. The van der Waals surface area contributed by atoms with E-state index in [9.17, 15) is 15.0 Å². The number of carbonyl (C=O) groups is 1. The molecule has 0 spiro atoms. The Hall–Kier alpha value is -0.670. The van der Waals surface area contributed by atoms with Gasteiger partial charge in [-0.2, -0.15) is 0 Å². The third-order valence-corrected chi connectivity index (χ3v) is 7.32. The Labute approximate surface area is 133 Å². The lowest BCUT2D eigenvalue weighted by molar-refractivity contribution is -0.146. The Morgan fingerprint density at radius 1 is 1.36 bits per heavy atom. The number of rotatable bonds is 2. The van der Waals surface area contributed by atoms with Gasteiger partial charge in [0.25, 0.3) is 0 Å². The summed E-state index contributed by atoms with van der Waals surface area (Å²) in [5.74, 6) is 1.81. The first kappa shape index (κ1) is 16.2. The molecule has 0 bridgehead atoms. The Kier molecular flexibility index (Phi) is 4.24. The zero-order valence-corrected chi connectivity index (χ0v) is 14.1. The molecule has 0 aromatic carbocycles. The molecule has 0 heterocycles. The predicted octanol–water partition coefficient (Wildman–Crippen LogP) is 3.10. The second kappa shape index (κ2) is 5.76. The van der Waals surface area contributed by atoms with E-state index in [2.05, 4.69) is 13.8 Å². The Bertz CT molecular complexity index is 481. The normalized spacial score (nSPS) is 46.5. The molecule has 2 N–H and O–H groups in total. The minimum Gasteiger partial charge on any atom is -0.393 e. The third kappa shape index (κ3) is 2.28. The first-order valence-corrected chi connectivity index (χ1v) is 9.00. The summed E-state index contributed by atoms with van der Waals surface area (Å²) in [5.41, 5.74) is 1.12. The van der Waals surface area contributed by atoms with E-state index >= 15 is 0 Å². The molecule has 3 aliphatic rings. The lowest BCUT2D eigenvalue weighted by Gasteiger charge is -2.57. The lowest BCUT2D eigenvalue weighted by Crippen LogP contribution is -2.56. The van der Waals surface area contributed by atoms with Crippen LogP contribution in [-0.4, -0.2) is 28.2 Å². The average molecular weight is 306 g/mol. The van der Waals surface area contributed by atoms with Crippen molar-refractivity contribution in [3.8, 4) is 0 Å². The summed E-state index contributed by atoms with van der Waals surface area (Å²) in [7, 11) is 0. The molecule has 3 heteroatoms. The van der Waals surface area contributed by atoms with Gasteiger partial charge < -0.3 is 10.2 Å². The fourth-order valence-corrected chi connectivity index (χ4v) is 5.98. The number of aliphatic hydroxyl groups excluding tert-OH is 2. The van der Waals surface area contributed by atoms with Crippen molar-refractivity contribution >= 4 is 5.78 Å². The largest absolute Gasteiger partial charge is 0.393 e. The second-order valence-electron chi connectivity index (χ2n) is 7.93. The number of hydrogen-bond donors (Lipinski definition) is 2. The fraction of sp³-hybridized carbons (Fsp3) is 0.842. The van der Waals surface area contributed by atoms with E-state index in [1.165, 1.54) is 5.57 Å². The molecule has 7 atom stereocenters. The van der Waals surface area contributed by atoms with Gasteiger partial charge in [-0.1, -0.05) is 19.4 Å². The number of hydrogen-bond acceptors (Lipinski definition) is 3. The summed E-state index contributed by atoms with van der Waals surface area (Å²) in [5, 5.41) is 21.3. The van der Waals surface area contributed by atoms with Crippen LogP contribution in [0.1, 0.15) is 59.3 Å². The van der Waals surface area contributed by atoms with E-state index < -0.39 is 0 Å². The van der Waals surface area contributed by atoms with E-state index in [4.69, 9.17) is 0 Å². The highest BCUT2D eigenvalue weighted by atomic mass is 16.3. The van der Waals surface area contributed by atoms with Crippen molar-refractivity contribution in [2.75, 3.05) is 0 Å². The summed E-state index contributed by atoms with van der Waals surface area (Å²) in [4.78, 5) is 11.7. The van der Waals surface area contributed by atoms with Crippen molar-refractivity contribution in [2.24, 2.45) is 29.1 Å². The topological polar surface area (TPSA) is 57.5 Å². The smallest absolute Gasteiger partial charge is 0.155 e. The van der Waals surface area contributed by atoms with Gasteiger partial charge in [-0.25, -0.2) is 0 Å². The average Bonchev–Trinajstić information content (AvgIpc) is 2.49. The van der Waals surface area contributed by atoms with Gasteiger partial charge in [-0.3, -0.25) is 4.79 Å². The molecule has 3 nitrogen and oxygen atoms in total. The molecule has 2 saturated carbocycles. The van der Waals surface area contributed by atoms with Crippen LogP contribution in [0.4, 0.5) is 0 Å². The standard InChI is InChI=1S/C19H30O3/c1-4-19(12(3)20)10-17(22)18-15(11(19)2)7-5-13-9-14(21)6-8-16(13)18/h9,11-12,15-18,20,22H,4-8,10H2,1-3H3/t11-,12?,15?,16?,17+,18?,19?/m0/s1. The van der Waals surface area contributed by atoms with Crippen molar-refractivity contribution in [3.05, 3.63) is 11.6 Å². The summed E-state index contributed by atoms with van der Waals surface area (Å²) >= 11 is 0.